The van der Waals surface area contributed by atoms with Gasteiger partial charge in [-0.2, -0.15) is 0 Å². The number of hydrogen-bond donors (Lipinski definition) is 0. The minimum absolute atomic E-state index is 0.0709. The zero-order valence-corrected chi connectivity index (χ0v) is 19.0. The lowest BCUT2D eigenvalue weighted by Crippen LogP contribution is -2.14. The summed E-state index contributed by atoms with van der Waals surface area (Å²) in [5, 5.41) is 11.5. The maximum Gasteiger partial charge on any atom is 0.258 e. The van der Waals surface area contributed by atoms with Gasteiger partial charge in [0, 0.05) is 28.5 Å². The summed E-state index contributed by atoms with van der Waals surface area (Å²) in [6.07, 6.45) is 1.65. The van der Waals surface area contributed by atoms with Crippen LogP contribution in [0, 0.1) is 6.92 Å². The smallest absolute Gasteiger partial charge is 0.258 e. The first-order valence-electron chi connectivity index (χ1n) is 9.82. The molecule has 5 aromatic rings. The molecule has 8 nitrogen and oxygen atoms in total. The maximum absolute atomic E-state index is 12.5. The molecule has 0 aliphatic carbocycles. The Balaban J connectivity index is 1.48. The summed E-state index contributed by atoms with van der Waals surface area (Å²) in [6, 6.07) is 13.0. The van der Waals surface area contributed by atoms with Crippen molar-refractivity contribution in [1.29, 1.82) is 0 Å². The van der Waals surface area contributed by atoms with E-state index in [1.807, 2.05) is 53.3 Å². The van der Waals surface area contributed by atoms with Crippen molar-refractivity contribution in [2.45, 2.75) is 24.4 Å². The Morgan fingerprint density at radius 3 is 2.91 bits per heavy atom. The molecule has 32 heavy (non-hydrogen) atoms. The minimum atomic E-state index is -0.0709. The normalized spacial score (nSPS) is 11.3. The number of aryl methyl sites for hydroxylation is 1. The van der Waals surface area contributed by atoms with Gasteiger partial charge in [-0.05, 0) is 31.2 Å². The lowest BCUT2D eigenvalue weighted by atomic mass is 10.2. The van der Waals surface area contributed by atoms with E-state index in [9.17, 15) is 4.79 Å². The maximum atomic E-state index is 12.5. The van der Waals surface area contributed by atoms with E-state index >= 15 is 0 Å². The van der Waals surface area contributed by atoms with Crippen molar-refractivity contribution in [2.75, 3.05) is 7.11 Å². The Bertz CT molecular complexity index is 1440. The lowest BCUT2D eigenvalue weighted by Gasteiger charge is -2.09. The molecule has 0 fully saturated rings. The molecule has 0 spiro atoms. The van der Waals surface area contributed by atoms with Crippen molar-refractivity contribution in [1.82, 2.24) is 24.1 Å². The molecular weight excluding hydrogens is 446 g/mol. The molecule has 0 amide bonds. The monoisotopic (exact) mass is 465 g/mol. The Kier molecular flexibility index (Phi) is 5.54. The SMILES string of the molecule is COc1cccc(-c2nnc(SCc3cc(=O)n4c(C)csc4n3)n2Cc2ccco2)c1. The summed E-state index contributed by atoms with van der Waals surface area (Å²) in [5.74, 6) is 2.74. The van der Waals surface area contributed by atoms with Crippen LogP contribution in [-0.2, 0) is 12.3 Å². The van der Waals surface area contributed by atoms with Crippen LogP contribution in [0.25, 0.3) is 16.3 Å². The van der Waals surface area contributed by atoms with Gasteiger partial charge in [0.15, 0.2) is 15.9 Å². The largest absolute Gasteiger partial charge is 0.497 e. The molecule has 0 radical (unpaired) electrons. The molecule has 0 saturated carbocycles. The molecule has 5 rings (SSSR count). The van der Waals surface area contributed by atoms with Crippen LogP contribution in [0.1, 0.15) is 17.1 Å². The highest BCUT2D eigenvalue weighted by Gasteiger charge is 2.17. The van der Waals surface area contributed by atoms with Crippen molar-refractivity contribution >= 4 is 28.1 Å². The molecule has 0 bridgehead atoms. The Labute approximate surface area is 191 Å². The molecular formula is C22H19N5O3S2. The van der Waals surface area contributed by atoms with Crippen LogP contribution in [0.5, 0.6) is 5.75 Å². The number of rotatable bonds is 7. The van der Waals surface area contributed by atoms with Gasteiger partial charge in [0.05, 0.1) is 25.6 Å². The third kappa shape index (κ3) is 3.94. The minimum Gasteiger partial charge on any atom is -0.497 e. The fraction of sp³-hybridized carbons (Fsp3) is 0.182. The van der Waals surface area contributed by atoms with E-state index in [4.69, 9.17) is 9.15 Å². The average molecular weight is 466 g/mol. The molecule has 162 valence electrons. The fourth-order valence-electron chi connectivity index (χ4n) is 3.39. The Morgan fingerprint density at radius 1 is 1.19 bits per heavy atom. The van der Waals surface area contributed by atoms with Gasteiger partial charge in [0.2, 0.25) is 0 Å². The summed E-state index contributed by atoms with van der Waals surface area (Å²) in [5.41, 5.74) is 2.42. The van der Waals surface area contributed by atoms with E-state index in [0.717, 1.165) is 22.8 Å². The summed E-state index contributed by atoms with van der Waals surface area (Å²) in [6.45, 7) is 2.38. The summed E-state index contributed by atoms with van der Waals surface area (Å²) < 4.78 is 14.5. The average Bonchev–Trinajstić information content (AvgIpc) is 3.54. The van der Waals surface area contributed by atoms with Gasteiger partial charge in [0.25, 0.3) is 5.56 Å². The molecule has 10 heteroatoms. The predicted molar refractivity (Wildman–Crippen MR) is 123 cm³/mol. The van der Waals surface area contributed by atoms with Gasteiger partial charge in [-0.1, -0.05) is 23.9 Å². The second-order valence-electron chi connectivity index (χ2n) is 7.07. The van der Waals surface area contributed by atoms with Crippen LogP contribution in [0.3, 0.4) is 0 Å². The first-order valence-corrected chi connectivity index (χ1v) is 11.7. The lowest BCUT2D eigenvalue weighted by molar-refractivity contribution is 0.415. The topological polar surface area (TPSA) is 87.5 Å². The standard InChI is InChI=1S/C22H19N5O3S2/c1-14-12-31-21-23-16(10-19(28)27(14)21)13-32-22-25-24-20(15-5-3-6-17(9-15)29-2)26(22)11-18-7-4-8-30-18/h3-10,12H,11,13H2,1-2H3. The summed E-state index contributed by atoms with van der Waals surface area (Å²) in [7, 11) is 1.63. The quantitative estimate of drug-likeness (QED) is 0.332. The summed E-state index contributed by atoms with van der Waals surface area (Å²) >= 11 is 2.94. The number of fused-ring (bicyclic) bond motifs is 1. The highest BCUT2D eigenvalue weighted by atomic mass is 32.2. The number of nitrogens with zero attached hydrogens (tertiary/aromatic N) is 5. The second kappa shape index (κ2) is 8.64. The van der Waals surface area contributed by atoms with Crippen molar-refractivity contribution in [3.05, 3.63) is 81.6 Å². The van der Waals surface area contributed by atoms with Crippen molar-refractivity contribution < 1.29 is 9.15 Å². The first-order chi connectivity index (χ1) is 15.6. The van der Waals surface area contributed by atoms with Gasteiger partial charge >= 0.3 is 0 Å². The third-order valence-corrected chi connectivity index (χ3v) is 6.86. The molecule has 0 saturated heterocycles. The molecule has 0 N–H and O–H groups in total. The molecule has 0 aliphatic rings. The number of aromatic nitrogens is 5. The fourth-order valence-corrected chi connectivity index (χ4v) is 5.11. The second-order valence-corrected chi connectivity index (χ2v) is 8.85. The van der Waals surface area contributed by atoms with Crippen LogP contribution in [0.4, 0.5) is 0 Å². The van der Waals surface area contributed by atoms with E-state index in [1.165, 1.54) is 23.1 Å². The third-order valence-electron chi connectivity index (χ3n) is 4.92. The highest BCUT2D eigenvalue weighted by Crippen LogP contribution is 2.29. The number of thioether (sulfide) groups is 1. The molecule has 4 aromatic heterocycles. The van der Waals surface area contributed by atoms with Crippen LogP contribution >= 0.6 is 23.1 Å². The van der Waals surface area contributed by atoms with Crippen LogP contribution in [-0.4, -0.2) is 31.3 Å². The Hall–Kier alpha value is -3.37. The van der Waals surface area contributed by atoms with Crippen LogP contribution in [0.15, 0.2) is 68.5 Å². The first kappa shape index (κ1) is 20.5. The number of methoxy groups -OCH3 is 1. The van der Waals surface area contributed by atoms with E-state index in [2.05, 4.69) is 15.2 Å². The molecule has 0 atom stereocenters. The van der Waals surface area contributed by atoms with Gasteiger partial charge in [-0.3, -0.25) is 13.8 Å². The van der Waals surface area contributed by atoms with Crippen LogP contribution in [0.2, 0.25) is 0 Å². The molecule has 4 heterocycles. The number of hydrogen-bond acceptors (Lipinski definition) is 8. The highest BCUT2D eigenvalue weighted by molar-refractivity contribution is 7.98. The van der Waals surface area contributed by atoms with Crippen molar-refractivity contribution in [3.8, 4) is 17.1 Å². The zero-order chi connectivity index (χ0) is 22.1. The number of ether oxygens (including phenoxy) is 1. The van der Waals surface area contributed by atoms with E-state index in [0.29, 0.717) is 33.9 Å². The predicted octanol–water partition coefficient (Wildman–Crippen LogP) is 4.27. The number of thiazole rings is 1. The van der Waals surface area contributed by atoms with E-state index < -0.39 is 0 Å². The van der Waals surface area contributed by atoms with Gasteiger partial charge < -0.3 is 9.15 Å². The molecule has 0 unspecified atom stereocenters. The van der Waals surface area contributed by atoms with Crippen LogP contribution < -0.4 is 10.3 Å². The van der Waals surface area contributed by atoms with Gasteiger partial charge in [-0.15, -0.1) is 21.5 Å². The molecule has 1 aromatic carbocycles. The molecule has 0 aliphatic heterocycles. The Morgan fingerprint density at radius 2 is 2.09 bits per heavy atom. The van der Waals surface area contributed by atoms with Gasteiger partial charge in [0.1, 0.15) is 11.5 Å². The van der Waals surface area contributed by atoms with E-state index in [-0.39, 0.29) is 5.56 Å². The summed E-state index contributed by atoms with van der Waals surface area (Å²) in [4.78, 5) is 17.8. The van der Waals surface area contributed by atoms with E-state index in [1.54, 1.807) is 23.8 Å². The number of furan rings is 1. The number of benzene rings is 1. The van der Waals surface area contributed by atoms with Crippen molar-refractivity contribution in [3.63, 3.8) is 0 Å². The van der Waals surface area contributed by atoms with Gasteiger partial charge in [-0.25, -0.2) is 4.98 Å². The van der Waals surface area contributed by atoms with Crippen molar-refractivity contribution in [2.24, 2.45) is 0 Å². The zero-order valence-electron chi connectivity index (χ0n) is 17.4.